The first kappa shape index (κ1) is 11.8. The van der Waals surface area contributed by atoms with Gasteiger partial charge in [-0.15, -0.1) is 0 Å². The maximum atomic E-state index is 6.07. The predicted octanol–water partition coefficient (Wildman–Crippen LogP) is 4.53. The average Bonchev–Trinajstić information content (AvgIpc) is 3.08. The molecule has 3 heteroatoms. The quantitative estimate of drug-likeness (QED) is 0.793. The van der Waals surface area contributed by atoms with Crippen LogP contribution in [0.2, 0.25) is 5.02 Å². The SMILES string of the molecule is CC(C)c1cc(C2CC2)nn1-c1cccc(Cl)c1. The summed E-state index contributed by atoms with van der Waals surface area (Å²) in [5, 5.41) is 5.52. The van der Waals surface area contributed by atoms with Crippen LogP contribution in [-0.4, -0.2) is 9.78 Å². The van der Waals surface area contributed by atoms with Crippen molar-refractivity contribution in [3.8, 4) is 5.69 Å². The molecule has 0 aliphatic heterocycles. The molecule has 0 atom stereocenters. The number of halogens is 1. The highest BCUT2D eigenvalue weighted by atomic mass is 35.5. The summed E-state index contributed by atoms with van der Waals surface area (Å²) < 4.78 is 2.05. The molecule has 1 aliphatic rings. The van der Waals surface area contributed by atoms with Crippen molar-refractivity contribution >= 4 is 11.6 Å². The van der Waals surface area contributed by atoms with Crippen molar-refractivity contribution in [1.29, 1.82) is 0 Å². The number of hydrogen-bond donors (Lipinski definition) is 0. The third-order valence-electron chi connectivity index (χ3n) is 3.40. The summed E-state index contributed by atoms with van der Waals surface area (Å²) in [6.07, 6.45) is 2.56. The highest BCUT2D eigenvalue weighted by molar-refractivity contribution is 6.30. The van der Waals surface area contributed by atoms with E-state index in [4.69, 9.17) is 16.7 Å². The van der Waals surface area contributed by atoms with Crippen molar-refractivity contribution in [1.82, 2.24) is 9.78 Å². The van der Waals surface area contributed by atoms with Crippen LogP contribution in [0.4, 0.5) is 0 Å². The number of hydrogen-bond acceptors (Lipinski definition) is 1. The summed E-state index contributed by atoms with van der Waals surface area (Å²) in [5.41, 5.74) is 3.55. The van der Waals surface area contributed by atoms with Gasteiger partial charge >= 0.3 is 0 Å². The molecule has 1 saturated carbocycles. The smallest absolute Gasteiger partial charge is 0.0663 e. The Morgan fingerprint density at radius 2 is 2.06 bits per heavy atom. The van der Waals surface area contributed by atoms with Gasteiger partial charge in [0.15, 0.2) is 0 Å². The highest BCUT2D eigenvalue weighted by Crippen LogP contribution is 2.40. The second kappa shape index (κ2) is 4.43. The lowest BCUT2D eigenvalue weighted by molar-refractivity contribution is 0.727. The molecular weight excluding hydrogens is 244 g/mol. The first-order valence-electron chi connectivity index (χ1n) is 6.51. The van der Waals surface area contributed by atoms with Crippen LogP contribution in [0.1, 0.15) is 49.9 Å². The van der Waals surface area contributed by atoms with Crippen LogP contribution in [0.5, 0.6) is 0 Å². The second-order valence-corrected chi connectivity index (χ2v) is 5.75. The maximum absolute atomic E-state index is 6.07. The molecular formula is C15H17ClN2. The van der Waals surface area contributed by atoms with E-state index in [0.29, 0.717) is 11.8 Å². The fraction of sp³-hybridized carbons (Fsp3) is 0.400. The normalized spacial score (nSPS) is 15.3. The largest absolute Gasteiger partial charge is 0.237 e. The van der Waals surface area contributed by atoms with Gasteiger partial charge in [-0.3, -0.25) is 0 Å². The van der Waals surface area contributed by atoms with Crippen LogP contribution in [0, 0.1) is 0 Å². The molecule has 1 aliphatic carbocycles. The minimum Gasteiger partial charge on any atom is -0.237 e. The third kappa shape index (κ3) is 2.17. The summed E-state index contributed by atoms with van der Waals surface area (Å²) in [7, 11) is 0. The van der Waals surface area contributed by atoms with Crippen molar-refractivity contribution in [2.24, 2.45) is 0 Å². The van der Waals surface area contributed by atoms with Gasteiger partial charge in [-0.25, -0.2) is 4.68 Å². The average molecular weight is 261 g/mol. The lowest BCUT2D eigenvalue weighted by atomic mass is 10.1. The Morgan fingerprint density at radius 1 is 1.28 bits per heavy atom. The van der Waals surface area contributed by atoms with Crippen molar-refractivity contribution in [2.45, 2.75) is 38.5 Å². The van der Waals surface area contributed by atoms with Gasteiger partial charge in [0.1, 0.15) is 0 Å². The summed E-state index contributed by atoms with van der Waals surface area (Å²) >= 11 is 6.07. The standard InChI is InChI=1S/C15H17ClN2/c1-10(2)15-9-14(11-6-7-11)17-18(15)13-5-3-4-12(16)8-13/h3-5,8-11H,6-7H2,1-2H3. The topological polar surface area (TPSA) is 17.8 Å². The van der Waals surface area contributed by atoms with Crippen LogP contribution < -0.4 is 0 Å². The molecule has 3 rings (SSSR count). The first-order valence-corrected chi connectivity index (χ1v) is 6.89. The molecule has 0 radical (unpaired) electrons. The zero-order valence-corrected chi connectivity index (χ0v) is 11.5. The van der Waals surface area contributed by atoms with Crippen LogP contribution in [0.25, 0.3) is 5.69 Å². The Bertz CT molecular complexity index is 568. The zero-order chi connectivity index (χ0) is 12.7. The van der Waals surface area contributed by atoms with Gasteiger partial charge in [-0.05, 0) is 43.0 Å². The van der Waals surface area contributed by atoms with E-state index in [1.165, 1.54) is 24.2 Å². The molecule has 18 heavy (non-hydrogen) atoms. The summed E-state index contributed by atoms with van der Waals surface area (Å²) in [6, 6.07) is 10.1. The Morgan fingerprint density at radius 3 is 2.67 bits per heavy atom. The third-order valence-corrected chi connectivity index (χ3v) is 3.63. The zero-order valence-electron chi connectivity index (χ0n) is 10.7. The van der Waals surface area contributed by atoms with Gasteiger partial charge in [0.25, 0.3) is 0 Å². The Hall–Kier alpha value is -1.28. The number of aromatic nitrogens is 2. The van der Waals surface area contributed by atoms with Gasteiger partial charge in [0.2, 0.25) is 0 Å². The molecule has 0 N–H and O–H groups in total. The number of benzene rings is 1. The van der Waals surface area contributed by atoms with Crippen molar-refractivity contribution in [3.05, 3.63) is 46.7 Å². The van der Waals surface area contributed by atoms with E-state index in [-0.39, 0.29) is 0 Å². The summed E-state index contributed by atoms with van der Waals surface area (Å²) in [5.74, 6) is 1.15. The summed E-state index contributed by atoms with van der Waals surface area (Å²) in [4.78, 5) is 0. The number of rotatable bonds is 3. The minimum atomic E-state index is 0.462. The molecule has 1 fully saturated rings. The van der Waals surface area contributed by atoms with Crippen molar-refractivity contribution in [2.75, 3.05) is 0 Å². The van der Waals surface area contributed by atoms with Gasteiger partial charge in [0.05, 0.1) is 11.4 Å². The van der Waals surface area contributed by atoms with Gasteiger partial charge in [-0.2, -0.15) is 5.10 Å². The van der Waals surface area contributed by atoms with E-state index >= 15 is 0 Å². The lowest BCUT2D eigenvalue weighted by Crippen LogP contribution is -2.03. The minimum absolute atomic E-state index is 0.462. The summed E-state index contributed by atoms with van der Waals surface area (Å²) in [6.45, 7) is 4.41. The Balaban J connectivity index is 2.08. The molecule has 1 aromatic heterocycles. The van der Waals surface area contributed by atoms with E-state index in [2.05, 4.69) is 26.0 Å². The molecule has 0 unspecified atom stereocenters. The molecule has 0 spiro atoms. The lowest BCUT2D eigenvalue weighted by Gasteiger charge is -2.10. The van der Waals surface area contributed by atoms with Gasteiger partial charge < -0.3 is 0 Å². The maximum Gasteiger partial charge on any atom is 0.0663 e. The highest BCUT2D eigenvalue weighted by Gasteiger charge is 2.28. The molecule has 2 nitrogen and oxygen atoms in total. The predicted molar refractivity (Wildman–Crippen MR) is 74.6 cm³/mol. The van der Waals surface area contributed by atoms with E-state index in [1.807, 2.05) is 22.9 Å². The number of nitrogens with zero attached hydrogens (tertiary/aromatic N) is 2. The molecule has 2 aromatic rings. The van der Waals surface area contributed by atoms with E-state index in [9.17, 15) is 0 Å². The first-order chi connectivity index (χ1) is 8.65. The van der Waals surface area contributed by atoms with Crippen LogP contribution in [-0.2, 0) is 0 Å². The van der Waals surface area contributed by atoms with Gasteiger partial charge in [-0.1, -0.05) is 31.5 Å². The van der Waals surface area contributed by atoms with Crippen LogP contribution in [0.15, 0.2) is 30.3 Å². The fourth-order valence-electron chi connectivity index (χ4n) is 2.22. The molecule has 1 aromatic carbocycles. The van der Waals surface area contributed by atoms with E-state index in [1.54, 1.807) is 0 Å². The van der Waals surface area contributed by atoms with Crippen molar-refractivity contribution < 1.29 is 0 Å². The molecule has 0 amide bonds. The van der Waals surface area contributed by atoms with E-state index in [0.717, 1.165) is 10.7 Å². The van der Waals surface area contributed by atoms with Crippen LogP contribution in [0.3, 0.4) is 0 Å². The fourth-order valence-corrected chi connectivity index (χ4v) is 2.40. The van der Waals surface area contributed by atoms with Gasteiger partial charge in [0, 0.05) is 16.6 Å². The molecule has 94 valence electrons. The Kier molecular flexibility index (Phi) is 2.90. The molecule has 0 bridgehead atoms. The van der Waals surface area contributed by atoms with Crippen molar-refractivity contribution in [3.63, 3.8) is 0 Å². The van der Waals surface area contributed by atoms with Crippen LogP contribution >= 0.6 is 11.6 Å². The molecule has 1 heterocycles. The second-order valence-electron chi connectivity index (χ2n) is 5.31. The Labute approximate surface area is 113 Å². The van der Waals surface area contributed by atoms with E-state index < -0.39 is 0 Å². The monoisotopic (exact) mass is 260 g/mol. The molecule has 0 saturated heterocycles.